The summed E-state index contributed by atoms with van der Waals surface area (Å²) < 4.78 is 0. The van der Waals surface area contributed by atoms with Gasteiger partial charge in [-0.15, -0.1) is 0 Å². The smallest absolute Gasteiger partial charge is 0.271 e. The van der Waals surface area contributed by atoms with E-state index in [-0.39, 0.29) is 5.70 Å². The zero-order chi connectivity index (χ0) is 24.4. The molecule has 0 aliphatic heterocycles. The summed E-state index contributed by atoms with van der Waals surface area (Å²) in [7, 11) is 0. The lowest BCUT2D eigenvalue weighted by Gasteiger charge is -2.11. The first-order valence-corrected chi connectivity index (χ1v) is 11.0. The molecular weight excluding hydrogens is 412 g/mol. The molecule has 6 heteroatoms. The molecule has 0 heterocycles. The molecule has 0 aliphatic rings. The number of carbonyl (C=O) groups is 2. The summed E-state index contributed by atoms with van der Waals surface area (Å²) in [5, 5.41) is 2.71. The number of primary amides is 1. The number of aliphatic imine (C=N–C) groups is 1. The third kappa shape index (κ3) is 7.04. The fraction of sp³-hybridized carbons (Fsp3) is 0.222. The molecule has 172 valence electrons. The van der Waals surface area contributed by atoms with Crippen molar-refractivity contribution in [3.63, 3.8) is 0 Å². The molecule has 2 rings (SSSR count). The summed E-state index contributed by atoms with van der Waals surface area (Å²) >= 11 is 0. The number of hydrogen-bond donors (Lipinski definition) is 3. The Morgan fingerprint density at radius 3 is 2.15 bits per heavy atom. The molecule has 2 aromatic carbocycles. The van der Waals surface area contributed by atoms with Gasteiger partial charge in [0.2, 0.25) is 5.91 Å². The van der Waals surface area contributed by atoms with Crippen LogP contribution in [0.25, 0.3) is 5.70 Å². The molecule has 0 spiro atoms. The molecule has 0 bridgehead atoms. The van der Waals surface area contributed by atoms with Crippen molar-refractivity contribution in [2.24, 2.45) is 16.5 Å². The highest BCUT2D eigenvalue weighted by Gasteiger charge is 2.10. The van der Waals surface area contributed by atoms with E-state index in [1.165, 1.54) is 23.3 Å². The van der Waals surface area contributed by atoms with Crippen LogP contribution in [0.1, 0.15) is 54.2 Å². The molecule has 0 saturated heterocycles. The molecule has 0 saturated carbocycles. The number of allylic oxidation sites excluding steroid dienone is 3. The van der Waals surface area contributed by atoms with Crippen LogP contribution in [0.3, 0.4) is 0 Å². The Kier molecular flexibility index (Phi) is 9.36. The van der Waals surface area contributed by atoms with Gasteiger partial charge in [-0.3, -0.25) is 14.6 Å². The standard InChI is InChI=1S/C27H32N4O2/c1-5-9-25(21-11-10-18(6-2)19(7-3)16-21)30-22(8-4)17-24(28)27(33)31-23-14-12-20(13-15-23)26(29)32/h5,9-17H,1,6-8,28H2,2-4H3,(H2,29,32)(H,31,33)/b24-17-,25-9-,30-22+. The first-order valence-electron chi connectivity index (χ1n) is 11.0. The minimum absolute atomic E-state index is 0.0307. The predicted molar refractivity (Wildman–Crippen MR) is 137 cm³/mol. The second-order valence-electron chi connectivity index (χ2n) is 7.43. The van der Waals surface area contributed by atoms with Crippen LogP contribution in [0.5, 0.6) is 0 Å². The van der Waals surface area contributed by atoms with Crippen molar-refractivity contribution >= 4 is 28.9 Å². The second-order valence-corrected chi connectivity index (χ2v) is 7.43. The highest BCUT2D eigenvalue weighted by molar-refractivity contribution is 6.09. The van der Waals surface area contributed by atoms with Gasteiger partial charge >= 0.3 is 0 Å². The number of amides is 2. The van der Waals surface area contributed by atoms with Gasteiger partial charge in [-0.25, -0.2) is 0 Å². The molecule has 0 aliphatic carbocycles. The lowest BCUT2D eigenvalue weighted by molar-refractivity contribution is -0.112. The third-order valence-electron chi connectivity index (χ3n) is 5.18. The largest absolute Gasteiger partial charge is 0.394 e. The Bertz CT molecular complexity index is 1110. The topological polar surface area (TPSA) is 111 Å². The summed E-state index contributed by atoms with van der Waals surface area (Å²) in [5.41, 5.74) is 17.2. The van der Waals surface area contributed by atoms with Gasteiger partial charge in [0, 0.05) is 22.5 Å². The summed E-state index contributed by atoms with van der Waals surface area (Å²) in [5.74, 6) is -0.993. The fourth-order valence-corrected chi connectivity index (χ4v) is 3.30. The van der Waals surface area contributed by atoms with Crippen LogP contribution in [0.2, 0.25) is 0 Å². The van der Waals surface area contributed by atoms with Crippen molar-refractivity contribution < 1.29 is 9.59 Å². The van der Waals surface area contributed by atoms with E-state index in [0.29, 0.717) is 23.4 Å². The van der Waals surface area contributed by atoms with E-state index >= 15 is 0 Å². The van der Waals surface area contributed by atoms with Gasteiger partial charge in [0.25, 0.3) is 5.91 Å². The van der Waals surface area contributed by atoms with Gasteiger partial charge in [-0.05, 0) is 72.9 Å². The Hall–Kier alpha value is -3.93. The van der Waals surface area contributed by atoms with E-state index in [1.807, 2.05) is 13.0 Å². The maximum absolute atomic E-state index is 12.5. The normalized spacial score (nSPS) is 12.4. The van der Waals surface area contributed by atoms with Crippen molar-refractivity contribution in [1.29, 1.82) is 0 Å². The lowest BCUT2D eigenvalue weighted by atomic mass is 9.98. The van der Waals surface area contributed by atoms with Crippen molar-refractivity contribution in [3.8, 4) is 0 Å². The molecule has 0 aromatic heterocycles. The van der Waals surface area contributed by atoms with Gasteiger partial charge in [-0.2, -0.15) is 0 Å². The summed E-state index contributed by atoms with van der Waals surface area (Å²) in [6.45, 7) is 10.0. The van der Waals surface area contributed by atoms with E-state index in [2.05, 4.69) is 43.9 Å². The highest BCUT2D eigenvalue weighted by Crippen LogP contribution is 2.22. The summed E-state index contributed by atoms with van der Waals surface area (Å²) in [6, 6.07) is 12.6. The Labute approximate surface area is 195 Å². The fourth-order valence-electron chi connectivity index (χ4n) is 3.30. The molecule has 5 N–H and O–H groups in total. The average Bonchev–Trinajstić information content (AvgIpc) is 2.82. The maximum atomic E-state index is 12.5. The SMILES string of the molecule is C=C\C=C(/N=C(/C=C(\N)C(=O)Nc1ccc(C(N)=O)cc1)CC)c1ccc(CC)c(CC)c1. The van der Waals surface area contributed by atoms with E-state index < -0.39 is 11.8 Å². The number of benzene rings is 2. The molecule has 6 nitrogen and oxygen atoms in total. The van der Waals surface area contributed by atoms with Crippen LogP contribution in [-0.4, -0.2) is 17.5 Å². The van der Waals surface area contributed by atoms with Crippen LogP contribution < -0.4 is 16.8 Å². The van der Waals surface area contributed by atoms with Gasteiger partial charge in [0.1, 0.15) is 0 Å². The Morgan fingerprint density at radius 1 is 0.970 bits per heavy atom. The zero-order valence-electron chi connectivity index (χ0n) is 19.5. The van der Waals surface area contributed by atoms with Gasteiger partial charge in [-0.1, -0.05) is 45.6 Å². The predicted octanol–water partition coefficient (Wildman–Crippen LogP) is 4.77. The van der Waals surface area contributed by atoms with Gasteiger partial charge < -0.3 is 16.8 Å². The lowest BCUT2D eigenvalue weighted by Crippen LogP contribution is -2.21. The first-order chi connectivity index (χ1) is 15.8. The molecule has 0 radical (unpaired) electrons. The number of hydrogen-bond acceptors (Lipinski definition) is 4. The molecule has 2 aromatic rings. The maximum Gasteiger partial charge on any atom is 0.271 e. The number of aryl methyl sites for hydroxylation is 2. The summed E-state index contributed by atoms with van der Waals surface area (Å²) in [4.78, 5) is 28.5. The zero-order valence-corrected chi connectivity index (χ0v) is 19.5. The van der Waals surface area contributed by atoms with E-state index in [0.717, 1.165) is 24.1 Å². The third-order valence-corrected chi connectivity index (χ3v) is 5.18. The first kappa shape index (κ1) is 25.3. The van der Waals surface area contributed by atoms with Crippen molar-refractivity contribution in [1.82, 2.24) is 0 Å². The van der Waals surface area contributed by atoms with Crippen LogP contribution in [0, 0.1) is 0 Å². The van der Waals surface area contributed by atoms with Crippen LogP contribution in [0.4, 0.5) is 5.69 Å². The van der Waals surface area contributed by atoms with Crippen molar-refractivity contribution in [3.05, 3.63) is 95.2 Å². The van der Waals surface area contributed by atoms with Crippen LogP contribution >= 0.6 is 0 Å². The monoisotopic (exact) mass is 444 g/mol. The number of carbonyl (C=O) groups excluding carboxylic acids is 2. The number of nitrogens with zero attached hydrogens (tertiary/aromatic N) is 1. The number of rotatable bonds is 10. The minimum Gasteiger partial charge on any atom is -0.394 e. The average molecular weight is 445 g/mol. The molecule has 33 heavy (non-hydrogen) atoms. The van der Waals surface area contributed by atoms with E-state index in [4.69, 9.17) is 16.5 Å². The summed E-state index contributed by atoms with van der Waals surface area (Å²) in [6.07, 6.45) is 7.62. The number of nitrogens with one attached hydrogen (secondary N) is 1. The second kappa shape index (κ2) is 12.2. The van der Waals surface area contributed by atoms with Crippen molar-refractivity contribution in [2.75, 3.05) is 5.32 Å². The van der Waals surface area contributed by atoms with Crippen LogP contribution in [0.15, 0.2) is 78.0 Å². The molecule has 0 unspecified atom stereocenters. The Balaban J connectivity index is 2.29. The van der Waals surface area contributed by atoms with Gasteiger partial charge in [0.15, 0.2) is 0 Å². The number of anilines is 1. The van der Waals surface area contributed by atoms with E-state index in [1.54, 1.807) is 24.3 Å². The highest BCUT2D eigenvalue weighted by atomic mass is 16.2. The molecular formula is C27H32N4O2. The van der Waals surface area contributed by atoms with Crippen molar-refractivity contribution in [2.45, 2.75) is 40.0 Å². The molecule has 0 atom stereocenters. The van der Waals surface area contributed by atoms with E-state index in [9.17, 15) is 9.59 Å². The Morgan fingerprint density at radius 2 is 1.61 bits per heavy atom. The number of nitrogens with two attached hydrogens (primary N) is 2. The molecule has 0 fully saturated rings. The van der Waals surface area contributed by atoms with Crippen LogP contribution in [-0.2, 0) is 17.6 Å². The van der Waals surface area contributed by atoms with Gasteiger partial charge in [0.05, 0.1) is 11.4 Å². The quantitative estimate of drug-likeness (QED) is 0.279. The minimum atomic E-state index is -0.533. The molecule has 2 amide bonds.